The number of halogens is 1. The summed E-state index contributed by atoms with van der Waals surface area (Å²) in [6.07, 6.45) is 13.3. The van der Waals surface area contributed by atoms with Crippen molar-refractivity contribution in [3.05, 3.63) is 77.2 Å². The maximum atomic E-state index is 17.2. The zero-order chi connectivity index (χ0) is 45.3. The summed E-state index contributed by atoms with van der Waals surface area (Å²) in [6, 6.07) is 12.9. The van der Waals surface area contributed by atoms with Gasteiger partial charge in [-0.05, 0) is 87.2 Å². The van der Waals surface area contributed by atoms with Gasteiger partial charge in [0.2, 0.25) is 11.8 Å². The van der Waals surface area contributed by atoms with Crippen molar-refractivity contribution in [3.63, 3.8) is 0 Å². The quantitative estimate of drug-likeness (QED) is 0.0904. The Labute approximate surface area is 378 Å². The van der Waals surface area contributed by atoms with Crippen molar-refractivity contribution < 1.29 is 42.9 Å². The van der Waals surface area contributed by atoms with Crippen LogP contribution in [0.4, 0.5) is 10.2 Å². The van der Waals surface area contributed by atoms with E-state index in [1.54, 1.807) is 36.5 Å². The van der Waals surface area contributed by atoms with Crippen LogP contribution < -0.4 is 25.0 Å². The largest absolute Gasteiger partial charge is 0.508 e. The number of ether oxygens (including phenoxy) is 3. The van der Waals surface area contributed by atoms with E-state index in [4.69, 9.17) is 30.6 Å². The first-order chi connectivity index (χ1) is 32.1. The lowest BCUT2D eigenvalue weighted by Gasteiger charge is -2.35. The molecule has 338 valence electrons. The van der Waals surface area contributed by atoms with Gasteiger partial charge < -0.3 is 29.5 Å². The van der Waals surface area contributed by atoms with E-state index in [0.717, 1.165) is 50.0 Å². The summed E-state index contributed by atoms with van der Waals surface area (Å²) in [5, 5.41) is 18.3. The number of amides is 4. The number of carbonyl (C=O) groups excluding carboxylic acids is 4. The highest BCUT2D eigenvalue weighted by atomic mass is 19.1. The van der Waals surface area contributed by atoms with E-state index in [-0.39, 0.29) is 89.6 Å². The molecule has 4 amide bonds. The number of aromatic nitrogens is 3. The molecule has 3 aromatic carbocycles. The number of benzene rings is 3. The molecule has 5 atom stereocenters. The Morgan fingerprint density at radius 2 is 1.77 bits per heavy atom. The van der Waals surface area contributed by atoms with Crippen molar-refractivity contribution >= 4 is 51.1 Å². The predicted octanol–water partition coefficient (Wildman–Crippen LogP) is 4.48. The number of phenols is 1. The van der Waals surface area contributed by atoms with Crippen LogP contribution in [0.2, 0.25) is 0 Å². The number of rotatable bonds is 12. The number of carbonyl (C=O) groups is 4. The molecule has 5 saturated heterocycles. The van der Waals surface area contributed by atoms with Gasteiger partial charge in [0.15, 0.2) is 5.82 Å². The highest BCUT2D eigenvalue weighted by molar-refractivity contribution is 6.24. The fraction of sp³-hybridized carbons (Fsp3) is 0.408. The number of pyridine rings is 1. The number of piperazine rings is 1. The minimum atomic E-state index is -1.07. The lowest BCUT2D eigenvalue weighted by Crippen LogP contribution is -2.54. The molecule has 5 fully saturated rings. The molecule has 6 aliphatic rings. The molecule has 8 heterocycles. The van der Waals surface area contributed by atoms with Crippen LogP contribution in [0.15, 0.2) is 54.7 Å². The monoisotopic (exact) mass is 894 g/mol. The van der Waals surface area contributed by atoms with Gasteiger partial charge in [-0.1, -0.05) is 24.1 Å². The number of piperidine rings is 1. The summed E-state index contributed by atoms with van der Waals surface area (Å²) in [6.45, 7) is 3.34. The molecule has 6 aliphatic heterocycles. The van der Waals surface area contributed by atoms with Gasteiger partial charge in [0, 0.05) is 60.3 Å². The average Bonchev–Trinajstić information content (AvgIpc) is 4.05. The van der Waals surface area contributed by atoms with Gasteiger partial charge >= 0.3 is 6.01 Å². The maximum Gasteiger partial charge on any atom is 0.319 e. The molecule has 2 aromatic heterocycles. The summed E-state index contributed by atoms with van der Waals surface area (Å²) in [5.41, 5.74) is 0.947. The molecule has 0 aliphatic carbocycles. The first-order valence-electron chi connectivity index (χ1n) is 22.6. The summed E-state index contributed by atoms with van der Waals surface area (Å²) in [5.74, 6) is 0.451. The number of nitrogens with one attached hydrogen (secondary N) is 2. The van der Waals surface area contributed by atoms with Gasteiger partial charge in [-0.3, -0.25) is 39.3 Å². The predicted molar refractivity (Wildman–Crippen MR) is 239 cm³/mol. The number of hydrogen-bond acceptors (Lipinski definition) is 14. The van der Waals surface area contributed by atoms with E-state index < -0.39 is 35.5 Å². The fourth-order valence-electron chi connectivity index (χ4n) is 11.2. The number of aromatic hydroxyl groups is 1. The Morgan fingerprint density at radius 3 is 2.59 bits per heavy atom. The molecule has 3 N–H and O–H groups in total. The summed E-state index contributed by atoms with van der Waals surface area (Å²) < 4.78 is 35.9. The van der Waals surface area contributed by atoms with Gasteiger partial charge in [-0.15, -0.1) is 6.42 Å². The number of phenolic OH excluding ortho intramolecular Hbond substituents is 1. The minimum Gasteiger partial charge on any atom is -0.508 e. The SMILES string of the molecule is C#Cc1cccc2cc(O)cc(-c3ncc4c(N5C[C@H]6CC[C@@H](C5)N6)nc(OC[C@@]56CCCN5C(COCCOc5cccc7c5C(=O)N(C5CCC(=O)NC5=O)C7=O)CC6)nc4c3F)c12. The first-order valence-corrected chi connectivity index (χ1v) is 22.6. The average molecular weight is 895 g/mol. The minimum absolute atomic E-state index is 0.0133. The van der Waals surface area contributed by atoms with Gasteiger partial charge in [0.05, 0.1) is 35.3 Å². The highest BCUT2D eigenvalue weighted by Crippen LogP contribution is 2.44. The molecule has 2 bridgehead atoms. The van der Waals surface area contributed by atoms with Gasteiger partial charge in [-0.25, -0.2) is 4.39 Å². The lowest BCUT2D eigenvalue weighted by molar-refractivity contribution is -0.136. The molecule has 11 rings (SSSR count). The van der Waals surface area contributed by atoms with Crippen molar-refractivity contribution in [1.82, 2.24) is 35.4 Å². The fourth-order valence-corrected chi connectivity index (χ4v) is 11.2. The molecule has 17 heteroatoms. The topological polar surface area (TPSA) is 189 Å². The number of anilines is 1. The molecular formula is C49H47FN8O8. The summed E-state index contributed by atoms with van der Waals surface area (Å²) >= 11 is 0. The maximum absolute atomic E-state index is 17.2. The second-order valence-corrected chi connectivity index (χ2v) is 18.1. The number of fused-ring (bicyclic) bond motifs is 6. The Balaban J connectivity index is 0.790. The summed E-state index contributed by atoms with van der Waals surface area (Å²) in [7, 11) is 0. The molecule has 66 heavy (non-hydrogen) atoms. The van der Waals surface area contributed by atoms with Crippen molar-refractivity contribution in [2.24, 2.45) is 0 Å². The van der Waals surface area contributed by atoms with E-state index in [1.165, 1.54) is 12.1 Å². The third-order valence-electron chi connectivity index (χ3n) is 14.3. The van der Waals surface area contributed by atoms with Crippen LogP contribution in [0.1, 0.15) is 77.6 Å². The van der Waals surface area contributed by atoms with E-state index in [0.29, 0.717) is 59.4 Å². The molecule has 2 unspecified atom stereocenters. The number of imide groups is 2. The van der Waals surface area contributed by atoms with Crippen LogP contribution in [0.5, 0.6) is 17.5 Å². The standard InChI is InChI=1S/C49H47FN8O8/c1-2-27-6-3-7-28-20-32(59)21-34(39(27)28)42-41(50)43-35(22-51-42)44(56-23-29-10-11-30(24-56)52-29)55-48(54-43)66-26-49-15-5-17-57(49)31(14-16-49)25-64-18-19-65-37-9-4-8-33-40(37)47(63)58(46(33)62)36-12-13-38(60)53-45(36)61/h1,3-4,6-9,20-22,29-31,36,52,59H,5,10-19,23-26H2,(H,53,60,61)/t29-,30+,31?,36?,49-/m0/s1. The third-order valence-corrected chi connectivity index (χ3v) is 14.3. The normalized spacial score (nSPS) is 24.8. The lowest BCUT2D eigenvalue weighted by atomic mass is 9.95. The Hall–Kier alpha value is -6.74. The second kappa shape index (κ2) is 16.6. The number of terminal acetylenes is 1. The molecule has 16 nitrogen and oxygen atoms in total. The van der Waals surface area contributed by atoms with Gasteiger partial charge in [0.1, 0.15) is 47.8 Å². The zero-order valence-electron chi connectivity index (χ0n) is 36.1. The number of nitrogens with zero attached hydrogens (tertiary/aromatic N) is 6. The van der Waals surface area contributed by atoms with Crippen molar-refractivity contribution in [3.8, 4) is 41.1 Å². The molecule has 0 spiro atoms. The first kappa shape index (κ1) is 41.9. The van der Waals surface area contributed by atoms with Crippen LogP contribution in [0.25, 0.3) is 32.9 Å². The molecular weight excluding hydrogens is 848 g/mol. The highest BCUT2D eigenvalue weighted by Gasteiger charge is 2.50. The summed E-state index contributed by atoms with van der Waals surface area (Å²) in [4.78, 5) is 70.9. The van der Waals surface area contributed by atoms with Crippen LogP contribution in [-0.4, -0.2) is 129 Å². The van der Waals surface area contributed by atoms with E-state index >= 15 is 4.39 Å². The van der Waals surface area contributed by atoms with Crippen LogP contribution >= 0.6 is 0 Å². The zero-order valence-corrected chi connectivity index (χ0v) is 36.1. The molecule has 5 aromatic rings. The van der Waals surface area contributed by atoms with Crippen molar-refractivity contribution in [2.75, 3.05) is 51.0 Å². The van der Waals surface area contributed by atoms with E-state index in [2.05, 4.69) is 31.3 Å². The van der Waals surface area contributed by atoms with E-state index in [9.17, 15) is 24.3 Å². The molecule has 0 radical (unpaired) electrons. The van der Waals surface area contributed by atoms with Crippen LogP contribution in [-0.2, 0) is 14.3 Å². The second-order valence-electron chi connectivity index (χ2n) is 18.1. The van der Waals surface area contributed by atoms with Gasteiger partial charge in [-0.2, -0.15) is 9.97 Å². The smallest absolute Gasteiger partial charge is 0.319 e. The Morgan fingerprint density at radius 1 is 0.939 bits per heavy atom. The van der Waals surface area contributed by atoms with Gasteiger partial charge in [0.25, 0.3) is 11.8 Å². The number of hydrogen-bond donors (Lipinski definition) is 3. The van der Waals surface area contributed by atoms with Crippen LogP contribution in [0.3, 0.4) is 0 Å². The Bertz CT molecular complexity index is 2890. The van der Waals surface area contributed by atoms with Crippen molar-refractivity contribution in [2.45, 2.75) is 81.1 Å². The van der Waals surface area contributed by atoms with Crippen LogP contribution in [0, 0.1) is 18.2 Å². The third kappa shape index (κ3) is 7.15. The van der Waals surface area contributed by atoms with E-state index in [1.807, 2.05) is 6.07 Å². The Kier molecular flexibility index (Phi) is 10.5. The molecule has 0 saturated carbocycles. The van der Waals surface area contributed by atoms with Crippen molar-refractivity contribution in [1.29, 1.82) is 0 Å².